The van der Waals surface area contributed by atoms with Crippen LogP contribution in [0, 0.1) is 6.92 Å². The van der Waals surface area contributed by atoms with Crippen LogP contribution in [-0.4, -0.2) is 22.6 Å². The molecule has 0 unspecified atom stereocenters. The van der Waals surface area contributed by atoms with E-state index in [0.717, 1.165) is 12.2 Å². The standard InChI is InChI=1S/C19H21N3O2S/c1-12-6-7-17(24-12)15-10-16(22-21-15)19(23)20-9-8-13-11-25-18-5-3-2-4-14(13)18/h6-7,10-11H,2-5,8-9H2,1H3,(H,20,23)(H,21,22). The Hall–Kier alpha value is -2.34. The van der Waals surface area contributed by atoms with E-state index in [-0.39, 0.29) is 5.91 Å². The number of fused-ring (bicyclic) bond motifs is 1. The Balaban J connectivity index is 1.35. The Morgan fingerprint density at radius 2 is 2.24 bits per heavy atom. The number of aryl methyl sites for hydroxylation is 2. The lowest BCUT2D eigenvalue weighted by molar-refractivity contribution is 0.0949. The molecule has 0 fully saturated rings. The van der Waals surface area contributed by atoms with E-state index < -0.39 is 0 Å². The van der Waals surface area contributed by atoms with Crippen molar-refractivity contribution in [2.75, 3.05) is 6.54 Å². The normalized spacial score (nSPS) is 13.6. The Bertz CT molecular complexity index is 890. The van der Waals surface area contributed by atoms with Crippen molar-refractivity contribution < 1.29 is 9.21 Å². The van der Waals surface area contributed by atoms with E-state index in [9.17, 15) is 4.79 Å². The summed E-state index contributed by atoms with van der Waals surface area (Å²) in [5, 5.41) is 12.2. The van der Waals surface area contributed by atoms with Gasteiger partial charge in [-0.15, -0.1) is 11.3 Å². The van der Waals surface area contributed by atoms with Gasteiger partial charge in [0.1, 0.15) is 11.5 Å². The van der Waals surface area contributed by atoms with E-state index in [1.54, 1.807) is 10.9 Å². The fraction of sp³-hybridized carbons (Fsp3) is 0.368. The fourth-order valence-electron chi connectivity index (χ4n) is 3.32. The summed E-state index contributed by atoms with van der Waals surface area (Å²) in [5.41, 5.74) is 4.02. The number of thiophene rings is 1. The van der Waals surface area contributed by atoms with E-state index >= 15 is 0 Å². The van der Waals surface area contributed by atoms with Gasteiger partial charge in [0.2, 0.25) is 0 Å². The van der Waals surface area contributed by atoms with E-state index in [1.807, 2.05) is 30.4 Å². The van der Waals surface area contributed by atoms with Gasteiger partial charge in [0, 0.05) is 17.5 Å². The highest BCUT2D eigenvalue weighted by Gasteiger charge is 2.16. The number of nitrogens with one attached hydrogen (secondary N) is 2. The minimum Gasteiger partial charge on any atom is -0.460 e. The summed E-state index contributed by atoms with van der Waals surface area (Å²) < 4.78 is 5.54. The highest BCUT2D eigenvalue weighted by Crippen LogP contribution is 2.30. The molecule has 1 aliphatic carbocycles. The second-order valence-electron chi connectivity index (χ2n) is 6.45. The van der Waals surface area contributed by atoms with Crippen molar-refractivity contribution in [1.29, 1.82) is 0 Å². The molecule has 2 N–H and O–H groups in total. The van der Waals surface area contributed by atoms with Gasteiger partial charge < -0.3 is 9.73 Å². The van der Waals surface area contributed by atoms with Crippen LogP contribution in [0.25, 0.3) is 11.5 Å². The van der Waals surface area contributed by atoms with Crippen molar-refractivity contribution in [1.82, 2.24) is 15.5 Å². The zero-order valence-corrected chi connectivity index (χ0v) is 15.0. The number of carbonyl (C=O) groups excluding carboxylic acids is 1. The SMILES string of the molecule is Cc1ccc(-c2cc(C(=O)NCCc3csc4c3CCCC4)n[nH]2)o1. The number of aromatic amines is 1. The van der Waals surface area contributed by atoms with Crippen LogP contribution in [0.2, 0.25) is 0 Å². The summed E-state index contributed by atoms with van der Waals surface area (Å²) in [7, 11) is 0. The molecular weight excluding hydrogens is 334 g/mol. The minimum atomic E-state index is -0.158. The number of H-pyrrole nitrogens is 1. The molecule has 4 rings (SSSR count). The first-order valence-corrected chi connectivity index (χ1v) is 9.57. The maximum atomic E-state index is 12.3. The largest absolute Gasteiger partial charge is 0.460 e. The Morgan fingerprint density at radius 3 is 3.08 bits per heavy atom. The van der Waals surface area contributed by atoms with Crippen LogP contribution in [0.15, 0.2) is 28.0 Å². The van der Waals surface area contributed by atoms with Gasteiger partial charge in [0.15, 0.2) is 11.5 Å². The van der Waals surface area contributed by atoms with Crippen LogP contribution in [0.4, 0.5) is 0 Å². The molecule has 0 atom stereocenters. The molecule has 25 heavy (non-hydrogen) atoms. The second kappa shape index (κ2) is 6.88. The van der Waals surface area contributed by atoms with Crippen molar-refractivity contribution in [2.45, 2.75) is 39.0 Å². The average molecular weight is 355 g/mol. The minimum absolute atomic E-state index is 0.158. The highest BCUT2D eigenvalue weighted by molar-refractivity contribution is 7.10. The van der Waals surface area contributed by atoms with Crippen LogP contribution in [0.3, 0.4) is 0 Å². The van der Waals surface area contributed by atoms with Gasteiger partial charge in [-0.05, 0) is 67.7 Å². The maximum absolute atomic E-state index is 12.3. The zero-order chi connectivity index (χ0) is 17.2. The maximum Gasteiger partial charge on any atom is 0.271 e. The summed E-state index contributed by atoms with van der Waals surface area (Å²) in [5.74, 6) is 1.36. The van der Waals surface area contributed by atoms with Gasteiger partial charge in [-0.2, -0.15) is 5.10 Å². The van der Waals surface area contributed by atoms with Gasteiger partial charge in [0.25, 0.3) is 5.91 Å². The van der Waals surface area contributed by atoms with Gasteiger partial charge in [-0.1, -0.05) is 0 Å². The third-order valence-electron chi connectivity index (χ3n) is 4.64. The molecule has 3 aromatic rings. The molecule has 0 saturated heterocycles. The number of hydrogen-bond donors (Lipinski definition) is 2. The molecule has 0 aliphatic heterocycles. The summed E-state index contributed by atoms with van der Waals surface area (Å²) in [6.07, 6.45) is 5.88. The van der Waals surface area contributed by atoms with Crippen molar-refractivity contribution in [2.24, 2.45) is 0 Å². The van der Waals surface area contributed by atoms with Gasteiger partial charge in [-0.25, -0.2) is 0 Å². The summed E-state index contributed by atoms with van der Waals surface area (Å²) in [6, 6.07) is 5.47. The molecule has 0 spiro atoms. The Kier molecular flexibility index (Phi) is 4.44. The molecule has 3 heterocycles. The summed E-state index contributed by atoms with van der Waals surface area (Å²) in [4.78, 5) is 13.8. The van der Waals surface area contributed by atoms with Crippen LogP contribution >= 0.6 is 11.3 Å². The number of furan rings is 1. The van der Waals surface area contributed by atoms with E-state index in [0.29, 0.717) is 23.7 Å². The number of carbonyl (C=O) groups is 1. The average Bonchev–Trinajstić information content (AvgIpc) is 3.34. The molecule has 5 nitrogen and oxygen atoms in total. The molecule has 3 aromatic heterocycles. The quantitative estimate of drug-likeness (QED) is 0.729. The third kappa shape index (κ3) is 3.39. The smallest absolute Gasteiger partial charge is 0.271 e. The monoisotopic (exact) mass is 355 g/mol. The van der Waals surface area contributed by atoms with E-state index in [4.69, 9.17) is 4.42 Å². The third-order valence-corrected chi connectivity index (χ3v) is 5.78. The van der Waals surface area contributed by atoms with Crippen molar-refractivity contribution in [3.63, 3.8) is 0 Å². The van der Waals surface area contributed by atoms with Gasteiger partial charge in [-0.3, -0.25) is 9.89 Å². The number of amides is 1. The molecule has 130 valence electrons. The Morgan fingerprint density at radius 1 is 1.36 bits per heavy atom. The molecule has 0 radical (unpaired) electrons. The fourth-order valence-corrected chi connectivity index (χ4v) is 4.50. The molecular formula is C19H21N3O2S. The van der Waals surface area contributed by atoms with Crippen LogP contribution < -0.4 is 5.32 Å². The van der Waals surface area contributed by atoms with Crippen LogP contribution in [0.1, 0.15) is 45.1 Å². The zero-order valence-electron chi connectivity index (χ0n) is 14.2. The lowest BCUT2D eigenvalue weighted by atomic mass is 9.95. The summed E-state index contributed by atoms with van der Waals surface area (Å²) in [6.45, 7) is 2.51. The first-order chi connectivity index (χ1) is 12.2. The predicted molar refractivity (Wildman–Crippen MR) is 98.0 cm³/mol. The van der Waals surface area contributed by atoms with Gasteiger partial charge in [0.05, 0.1) is 0 Å². The second-order valence-corrected chi connectivity index (χ2v) is 7.42. The molecule has 0 aromatic carbocycles. The summed E-state index contributed by atoms with van der Waals surface area (Å²) >= 11 is 1.87. The first-order valence-electron chi connectivity index (χ1n) is 8.69. The highest BCUT2D eigenvalue weighted by atomic mass is 32.1. The molecule has 6 heteroatoms. The molecule has 0 bridgehead atoms. The van der Waals surface area contributed by atoms with Crippen LogP contribution in [-0.2, 0) is 19.3 Å². The first kappa shape index (κ1) is 16.1. The number of rotatable bonds is 5. The van der Waals surface area contributed by atoms with Crippen LogP contribution in [0.5, 0.6) is 0 Å². The molecule has 1 amide bonds. The predicted octanol–water partition coefficient (Wildman–Crippen LogP) is 3.89. The molecule has 0 saturated carbocycles. The van der Waals surface area contributed by atoms with Gasteiger partial charge >= 0.3 is 0 Å². The topological polar surface area (TPSA) is 70.9 Å². The number of aromatic nitrogens is 2. The lowest BCUT2D eigenvalue weighted by Gasteiger charge is -2.12. The lowest BCUT2D eigenvalue weighted by Crippen LogP contribution is -2.26. The van der Waals surface area contributed by atoms with Crippen molar-refractivity contribution in [3.8, 4) is 11.5 Å². The van der Waals surface area contributed by atoms with Crippen molar-refractivity contribution in [3.05, 3.63) is 51.0 Å². The van der Waals surface area contributed by atoms with E-state index in [1.165, 1.54) is 36.8 Å². The van der Waals surface area contributed by atoms with E-state index in [2.05, 4.69) is 20.9 Å². The number of nitrogens with zero attached hydrogens (tertiary/aromatic N) is 1. The van der Waals surface area contributed by atoms with Crippen molar-refractivity contribution >= 4 is 17.2 Å². The number of hydrogen-bond acceptors (Lipinski definition) is 4. The molecule has 1 aliphatic rings. The Labute approximate surface area is 150 Å².